The zero-order valence-electron chi connectivity index (χ0n) is 13.9. The maximum atomic E-state index is 12.2. The topological polar surface area (TPSA) is 123 Å². The number of phenolic OH excluding ortho intramolecular Hbond substituents is 1. The van der Waals surface area contributed by atoms with Crippen LogP contribution >= 0.6 is 0 Å². The third-order valence-electron chi connectivity index (χ3n) is 3.76. The summed E-state index contributed by atoms with van der Waals surface area (Å²) in [7, 11) is 0. The standard InChI is InChI=1S/C19H14N2O6/c22-14(5-6-15-7-8-18(27-15)21(25)26)11-20-19(24)16-9-12-3-1-2-4-13(12)10-17(16)23/h1-10,23H,11H2,(H,20,24)/b6-5+. The Morgan fingerprint density at radius 3 is 2.52 bits per heavy atom. The van der Waals surface area contributed by atoms with E-state index >= 15 is 0 Å². The van der Waals surface area contributed by atoms with Gasteiger partial charge in [0.25, 0.3) is 5.91 Å². The van der Waals surface area contributed by atoms with Crippen LogP contribution in [0.3, 0.4) is 0 Å². The van der Waals surface area contributed by atoms with Crippen molar-refractivity contribution in [3.8, 4) is 5.75 Å². The van der Waals surface area contributed by atoms with Gasteiger partial charge in [0.15, 0.2) is 5.78 Å². The van der Waals surface area contributed by atoms with Crippen molar-refractivity contribution in [1.29, 1.82) is 0 Å². The summed E-state index contributed by atoms with van der Waals surface area (Å²) in [6, 6.07) is 12.8. The lowest BCUT2D eigenvalue weighted by Gasteiger charge is -2.07. The van der Waals surface area contributed by atoms with Crippen LogP contribution in [0.5, 0.6) is 5.75 Å². The van der Waals surface area contributed by atoms with Gasteiger partial charge in [0.05, 0.1) is 18.2 Å². The van der Waals surface area contributed by atoms with Gasteiger partial charge in [0, 0.05) is 0 Å². The Balaban J connectivity index is 1.63. The van der Waals surface area contributed by atoms with Gasteiger partial charge in [-0.2, -0.15) is 0 Å². The molecule has 1 amide bonds. The summed E-state index contributed by atoms with van der Waals surface area (Å²) < 4.78 is 4.89. The second-order valence-electron chi connectivity index (χ2n) is 5.63. The summed E-state index contributed by atoms with van der Waals surface area (Å²) in [6.45, 7) is -0.301. The number of ketones is 1. The molecule has 27 heavy (non-hydrogen) atoms. The first kappa shape index (κ1) is 17.9. The number of nitro groups is 1. The van der Waals surface area contributed by atoms with E-state index in [9.17, 15) is 24.8 Å². The number of amides is 1. The summed E-state index contributed by atoms with van der Waals surface area (Å²) in [5, 5.41) is 24.5. The number of rotatable bonds is 6. The molecule has 8 heteroatoms. The van der Waals surface area contributed by atoms with Crippen LogP contribution in [-0.4, -0.2) is 28.3 Å². The van der Waals surface area contributed by atoms with E-state index in [0.717, 1.165) is 16.8 Å². The van der Waals surface area contributed by atoms with Crippen LogP contribution in [0, 0.1) is 10.1 Å². The second-order valence-corrected chi connectivity index (χ2v) is 5.63. The van der Waals surface area contributed by atoms with E-state index in [4.69, 9.17) is 4.42 Å². The van der Waals surface area contributed by atoms with E-state index in [1.54, 1.807) is 6.07 Å². The molecule has 0 radical (unpaired) electrons. The number of phenols is 1. The van der Waals surface area contributed by atoms with Crippen LogP contribution in [-0.2, 0) is 4.79 Å². The molecule has 0 bridgehead atoms. The number of aromatic hydroxyl groups is 1. The Bertz CT molecular complexity index is 1070. The van der Waals surface area contributed by atoms with Crippen LogP contribution in [0.2, 0.25) is 0 Å². The van der Waals surface area contributed by atoms with Gasteiger partial charge in [-0.05, 0) is 41.1 Å². The number of fused-ring (bicyclic) bond motifs is 1. The number of carbonyl (C=O) groups is 2. The number of carbonyl (C=O) groups excluding carboxylic acids is 2. The number of benzene rings is 2. The maximum Gasteiger partial charge on any atom is 0.433 e. The number of hydrogen-bond acceptors (Lipinski definition) is 6. The summed E-state index contributed by atoms with van der Waals surface area (Å²) >= 11 is 0. The predicted molar refractivity (Wildman–Crippen MR) is 97.3 cm³/mol. The smallest absolute Gasteiger partial charge is 0.433 e. The van der Waals surface area contributed by atoms with Crippen LogP contribution in [0.25, 0.3) is 16.8 Å². The first-order chi connectivity index (χ1) is 12.9. The van der Waals surface area contributed by atoms with E-state index < -0.39 is 22.5 Å². The number of hydrogen-bond donors (Lipinski definition) is 2. The molecule has 0 spiro atoms. The number of nitrogens with zero attached hydrogens (tertiary/aromatic N) is 1. The lowest BCUT2D eigenvalue weighted by atomic mass is 10.1. The molecule has 1 heterocycles. The highest BCUT2D eigenvalue weighted by atomic mass is 16.6. The quantitative estimate of drug-likeness (QED) is 0.393. The highest BCUT2D eigenvalue weighted by molar-refractivity contribution is 6.04. The van der Waals surface area contributed by atoms with Crippen LogP contribution < -0.4 is 5.32 Å². The minimum atomic E-state index is -0.685. The maximum absolute atomic E-state index is 12.2. The molecule has 0 aliphatic rings. The Kier molecular flexibility index (Phi) is 4.98. The van der Waals surface area contributed by atoms with Crippen molar-refractivity contribution in [1.82, 2.24) is 5.32 Å². The van der Waals surface area contributed by atoms with E-state index in [-0.39, 0.29) is 23.6 Å². The molecule has 0 saturated carbocycles. The molecule has 8 nitrogen and oxygen atoms in total. The van der Waals surface area contributed by atoms with E-state index in [2.05, 4.69) is 5.32 Å². The highest BCUT2D eigenvalue weighted by Crippen LogP contribution is 2.24. The van der Waals surface area contributed by atoms with Crippen molar-refractivity contribution in [3.63, 3.8) is 0 Å². The third-order valence-corrected chi connectivity index (χ3v) is 3.76. The first-order valence-electron chi connectivity index (χ1n) is 7.89. The fraction of sp³-hybridized carbons (Fsp3) is 0.0526. The van der Waals surface area contributed by atoms with Gasteiger partial charge in [-0.3, -0.25) is 19.7 Å². The van der Waals surface area contributed by atoms with Gasteiger partial charge in [0.1, 0.15) is 16.4 Å². The van der Waals surface area contributed by atoms with Crippen molar-refractivity contribution in [3.05, 3.63) is 76.0 Å². The molecule has 0 aliphatic heterocycles. The Morgan fingerprint density at radius 1 is 1.15 bits per heavy atom. The van der Waals surface area contributed by atoms with Gasteiger partial charge >= 0.3 is 5.88 Å². The van der Waals surface area contributed by atoms with Crippen molar-refractivity contribution < 1.29 is 24.0 Å². The minimum Gasteiger partial charge on any atom is -0.507 e. The van der Waals surface area contributed by atoms with Gasteiger partial charge in [0.2, 0.25) is 0 Å². The summed E-state index contributed by atoms with van der Waals surface area (Å²) in [5.74, 6) is -1.50. The average molecular weight is 366 g/mol. The lowest BCUT2D eigenvalue weighted by molar-refractivity contribution is -0.402. The fourth-order valence-corrected chi connectivity index (χ4v) is 2.44. The van der Waals surface area contributed by atoms with E-state index in [0.29, 0.717) is 0 Å². The highest BCUT2D eigenvalue weighted by Gasteiger charge is 2.13. The predicted octanol–water partition coefficient (Wildman–Crippen LogP) is 3.06. The molecule has 0 saturated heterocycles. The number of nitrogens with one attached hydrogen (secondary N) is 1. The molecule has 0 unspecified atom stereocenters. The molecule has 136 valence electrons. The molecule has 0 fully saturated rings. The second kappa shape index (κ2) is 7.52. The zero-order chi connectivity index (χ0) is 19.4. The van der Waals surface area contributed by atoms with Gasteiger partial charge < -0.3 is 14.8 Å². The summed E-state index contributed by atoms with van der Waals surface area (Å²) in [6.07, 6.45) is 2.41. The monoisotopic (exact) mass is 366 g/mol. The van der Waals surface area contributed by atoms with Crippen LogP contribution in [0.15, 0.2) is 59.0 Å². The molecule has 0 atom stereocenters. The fourth-order valence-electron chi connectivity index (χ4n) is 2.44. The van der Waals surface area contributed by atoms with E-state index in [1.807, 2.05) is 24.3 Å². The van der Waals surface area contributed by atoms with E-state index in [1.165, 1.54) is 24.3 Å². The van der Waals surface area contributed by atoms with Crippen LogP contribution in [0.1, 0.15) is 16.1 Å². The lowest BCUT2D eigenvalue weighted by Crippen LogP contribution is -2.28. The molecule has 0 aliphatic carbocycles. The Hall–Kier alpha value is -3.94. The summed E-state index contributed by atoms with van der Waals surface area (Å²) in [5.41, 5.74) is 0.0622. The van der Waals surface area contributed by atoms with Gasteiger partial charge in [-0.1, -0.05) is 24.3 Å². The van der Waals surface area contributed by atoms with Crippen molar-refractivity contribution in [2.75, 3.05) is 6.54 Å². The van der Waals surface area contributed by atoms with Crippen LogP contribution in [0.4, 0.5) is 5.88 Å². The van der Waals surface area contributed by atoms with Crippen molar-refractivity contribution >= 4 is 34.4 Å². The third kappa shape index (κ3) is 4.18. The largest absolute Gasteiger partial charge is 0.507 e. The SMILES string of the molecule is O=C(/C=C/c1ccc([N+](=O)[O-])o1)CNC(=O)c1cc2ccccc2cc1O. The number of furan rings is 1. The minimum absolute atomic E-state index is 0.0622. The van der Waals surface area contributed by atoms with Crippen molar-refractivity contribution in [2.24, 2.45) is 0 Å². The zero-order valence-corrected chi connectivity index (χ0v) is 13.9. The Labute approximate surface area is 152 Å². The van der Waals surface area contributed by atoms with Gasteiger partial charge in [-0.25, -0.2) is 0 Å². The average Bonchev–Trinajstić information content (AvgIpc) is 3.13. The normalized spacial score (nSPS) is 11.0. The molecular weight excluding hydrogens is 352 g/mol. The Morgan fingerprint density at radius 2 is 1.85 bits per heavy atom. The first-order valence-corrected chi connectivity index (χ1v) is 7.89. The molecule has 3 rings (SSSR count). The molecule has 1 aromatic heterocycles. The molecule has 2 N–H and O–H groups in total. The molecule has 3 aromatic rings. The van der Waals surface area contributed by atoms with Gasteiger partial charge in [-0.15, -0.1) is 0 Å². The molecule has 2 aromatic carbocycles. The van der Waals surface area contributed by atoms with Crippen molar-refractivity contribution in [2.45, 2.75) is 0 Å². The summed E-state index contributed by atoms with van der Waals surface area (Å²) in [4.78, 5) is 33.9. The molecular formula is C19H14N2O6.